The number of fused-ring (bicyclic) bond motifs is 1. The van der Waals surface area contributed by atoms with Crippen molar-refractivity contribution in [3.63, 3.8) is 0 Å². The van der Waals surface area contributed by atoms with Crippen molar-refractivity contribution < 1.29 is 18.3 Å². The van der Waals surface area contributed by atoms with Crippen LogP contribution in [0.15, 0.2) is 24.3 Å². The van der Waals surface area contributed by atoms with E-state index in [0.717, 1.165) is 11.1 Å². The fraction of sp³-hybridized carbons (Fsp3) is 0.550. The van der Waals surface area contributed by atoms with Gasteiger partial charge in [0.15, 0.2) is 0 Å². The highest BCUT2D eigenvalue weighted by Crippen LogP contribution is 2.43. The number of aliphatic hydroxyl groups excluding tert-OH is 1. The van der Waals surface area contributed by atoms with Crippen molar-refractivity contribution in [3.8, 4) is 11.8 Å². The van der Waals surface area contributed by atoms with Gasteiger partial charge in [0.1, 0.15) is 0 Å². The first-order valence-electron chi connectivity index (χ1n) is 9.46. The van der Waals surface area contributed by atoms with Crippen molar-refractivity contribution in [2.24, 2.45) is 5.92 Å². The zero-order valence-electron chi connectivity index (χ0n) is 15.3. The lowest BCUT2D eigenvalue weighted by Gasteiger charge is -2.58. The largest absolute Gasteiger partial charge is 0.394 e. The van der Waals surface area contributed by atoms with Crippen LogP contribution in [-0.2, 0) is 14.8 Å². The molecule has 7 heteroatoms. The fourth-order valence-electron chi connectivity index (χ4n) is 4.07. The number of rotatable bonds is 4. The number of carbonyl (C=O) groups excluding carboxylic acids is 1. The Morgan fingerprint density at radius 1 is 1.22 bits per heavy atom. The maximum Gasteiger partial charge on any atom is 0.238 e. The van der Waals surface area contributed by atoms with Crippen LogP contribution in [0.1, 0.15) is 36.8 Å². The van der Waals surface area contributed by atoms with Gasteiger partial charge in [-0.2, -0.15) is 4.31 Å². The molecule has 0 radical (unpaired) electrons. The Morgan fingerprint density at radius 2 is 1.93 bits per heavy atom. The molecule has 0 unspecified atom stereocenters. The van der Waals surface area contributed by atoms with Crippen molar-refractivity contribution in [2.75, 3.05) is 25.4 Å². The number of piperazine rings is 1. The molecular formula is C20H24N2O4S. The summed E-state index contributed by atoms with van der Waals surface area (Å²) < 4.78 is 25.8. The van der Waals surface area contributed by atoms with Gasteiger partial charge in [0.05, 0.1) is 31.0 Å². The van der Waals surface area contributed by atoms with Gasteiger partial charge in [-0.25, -0.2) is 8.42 Å². The minimum Gasteiger partial charge on any atom is -0.394 e. The van der Waals surface area contributed by atoms with Crippen LogP contribution in [0.4, 0.5) is 0 Å². The molecule has 1 aliphatic carbocycles. The Morgan fingerprint density at radius 3 is 2.52 bits per heavy atom. The number of carbonyl (C=O) groups is 1. The zero-order chi connectivity index (χ0) is 19.2. The first kappa shape index (κ1) is 18.5. The molecule has 2 aliphatic heterocycles. The SMILES string of the molecule is CCS(=O)(=O)N1CC(=O)N2[C@H](CO)[C@@H](c3ccc(C#CC4CC4)cc3)[C@H]2C1. The predicted molar refractivity (Wildman–Crippen MR) is 101 cm³/mol. The molecule has 1 amide bonds. The number of nitrogens with zero attached hydrogens (tertiary/aromatic N) is 2. The molecule has 3 atom stereocenters. The average Bonchev–Trinajstić information content (AvgIpc) is 3.47. The number of sulfonamides is 1. The van der Waals surface area contributed by atoms with Gasteiger partial charge in [-0.3, -0.25) is 4.79 Å². The van der Waals surface area contributed by atoms with Crippen LogP contribution in [0.5, 0.6) is 0 Å². The van der Waals surface area contributed by atoms with Crippen molar-refractivity contribution in [1.29, 1.82) is 0 Å². The number of hydrogen-bond acceptors (Lipinski definition) is 4. The lowest BCUT2D eigenvalue weighted by molar-refractivity contribution is -0.158. The molecule has 0 bridgehead atoms. The highest BCUT2D eigenvalue weighted by Gasteiger charge is 2.55. The van der Waals surface area contributed by atoms with Crippen LogP contribution in [0.25, 0.3) is 0 Å². The molecule has 2 heterocycles. The summed E-state index contributed by atoms with van der Waals surface area (Å²) in [4.78, 5) is 14.1. The van der Waals surface area contributed by atoms with Gasteiger partial charge >= 0.3 is 0 Å². The standard InChI is InChI=1S/C20H24N2O4S/c1-2-27(25,26)21-11-17-20(18(13-23)22(17)19(24)12-21)16-9-7-15(8-10-16)6-5-14-3-4-14/h7-10,14,17-18,20,23H,2-4,11-13H2,1H3/t17-,18-,20+/m1/s1. The Hall–Kier alpha value is -1.88. The topological polar surface area (TPSA) is 77.9 Å². The van der Waals surface area contributed by atoms with E-state index in [0.29, 0.717) is 5.92 Å². The molecule has 1 aromatic rings. The number of amides is 1. The van der Waals surface area contributed by atoms with E-state index in [1.807, 2.05) is 24.3 Å². The molecule has 4 rings (SSSR count). The van der Waals surface area contributed by atoms with Crippen molar-refractivity contribution in [2.45, 2.75) is 37.8 Å². The maximum absolute atomic E-state index is 12.5. The minimum atomic E-state index is -3.42. The zero-order valence-corrected chi connectivity index (χ0v) is 16.2. The van der Waals surface area contributed by atoms with Gasteiger partial charge in [0.25, 0.3) is 0 Å². The molecule has 3 aliphatic rings. The third-order valence-corrected chi connectivity index (χ3v) is 7.57. The summed E-state index contributed by atoms with van der Waals surface area (Å²) in [5.41, 5.74) is 1.97. The van der Waals surface area contributed by atoms with E-state index < -0.39 is 10.0 Å². The van der Waals surface area contributed by atoms with Crippen LogP contribution in [-0.4, -0.2) is 66.2 Å². The van der Waals surface area contributed by atoms with E-state index in [4.69, 9.17) is 0 Å². The second-order valence-corrected chi connectivity index (χ2v) is 9.76. The van der Waals surface area contributed by atoms with Crippen molar-refractivity contribution >= 4 is 15.9 Å². The highest BCUT2D eigenvalue weighted by atomic mass is 32.2. The summed E-state index contributed by atoms with van der Waals surface area (Å²) in [5, 5.41) is 9.81. The van der Waals surface area contributed by atoms with Crippen molar-refractivity contribution in [3.05, 3.63) is 35.4 Å². The van der Waals surface area contributed by atoms with Crippen LogP contribution < -0.4 is 0 Å². The van der Waals surface area contributed by atoms with Gasteiger partial charge in [-0.05, 0) is 37.5 Å². The van der Waals surface area contributed by atoms with E-state index in [9.17, 15) is 18.3 Å². The summed E-state index contributed by atoms with van der Waals surface area (Å²) in [5.74, 6) is 6.64. The lowest BCUT2D eigenvalue weighted by Crippen LogP contribution is -2.73. The smallest absolute Gasteiger partial charge is 0.238 e. The predicted octanol–water partition coefficient (Wildman–Crippen LogP) is 0.769. The van der Waals surface area contributed by atoms with Gasteiger partial charge in [0, 0.05) is 23.9 Å². The molecule has 0 aromatic heterocycles. The van der Waals surface area contributed by atoms with E-state index in [1.165, 1.54) is 17.1 Å². The van der Waals surface area contributed by atoms with Gasteiger partial charge in [-0.1, -0.05) is 24.0 Å². The molecule has 1 N–H and O–H groups in total. The van der Waals surface area contributed by atoms with E-state index in [1.54, 1.807) is 11.8 Å². The molecule has 3 fully saturated rings. The molecule has 1 aromatic carbocycles. The lowest BCUT2D eigenvalue weighted by atomic mass is 9.74. The summed E-state index contributed by atoms with van der Waals surface area (Å²) >= 11 is 0. The van der Waals surface area contributed by atoms with Gasteiger partial charge < -0.3 is 10.0 Å². The van der Waals surface area contributed by atoms with Gasteiger partial charge in [0.2, 0.25) is 15.9 Å². The van der Waals surface area contributed by atoms with Crippen LogP contribution in [0, 0.1) is 17.8 Å². The quantitative estimate of drug-likeness (QED) is 0.773. The first-order chi connectivity index (χ1) is 12.9. The summed E-state index contributed by atoms with van der Waals surface area (Å²) in [6, 6.07) is 7.38. The Bertz CT molecular complexity index is 896. The minimum absolute atomic E-state index is 0.0184. The van der Waals surface area contributed by atoms with Crippen LogP contribution in [0.2, 0.25) is 0 Å². The maximum atomic E-state index is 12.5. The Balaban J connectivity index is 1.56. The molecule has 144 valence electrons. The van der Waals surface area contributed by atoms with E-state index in [-0.39, 0.29) is 49.4 Å². The number of hydrogen-bond donors (Lipinski definition) is 1. The Labute approximate surface area is 160 Å². The normalized spacial score (nSPS) is 28.1. The molecule has 2 saturated heterocycles. The number of benzene rings is 1. The van der Waals surface area contributed by atoms with Crippen molar-refractivity contribution in [1.82, 2.24) is 9.21 Å². The highest BCUT2D eigenvalue weighted by molar-refractivity contribution is 7.89. The molecule has 6 nitrogen and oxygen atoms in total. The summed E-state index contributed by atoms with van der Waals surface area (Å²) in [6.45, 7) is 1.61. The third-order valence-electron chi connectivity index (χ3n) is 5.77. The van der Waals surface area contributed by atoms with Gasteiger partial charge in [-0.15, -0.1) is 0 Å². The molecular weight excluding hydrogens is 364 g/mol. The average molecular weight is 388 g/mol. The van der Waals surface area contributed by atoms with E-state index >= 15 is 0 Å². The second-order valence-electron chi connectivity index (χ2n) is 7.50. The molecule has 27 heavy (non-hydrogen) atoms. The Kier molecular flexibility index (Phi) is 4.75. The van der Waals surface area contributed by atoms with Crippen LogP contribution in [0.3, 0.4) is 0 Å². The molecule has 1 saturated carbocycles. The fourth-order valence-corrected chi connectivity index (χ4v) is 5.12. The summed E-state index contributed by atoms with van der Waals surface area (Å²) in [7, 11) is -3.42. The third kappa shape index (κ3) is 3.38. The number of aliphatic hydroxyl groups is 1. The summed E-state index contributed by atoms with van der Waals surface area (Å²) in [6.07, 6.45) is 2.38. The monoisotopic (exact) mass is 388 g/mol. The first-order valence-corrected chi connectivity index (χ1v) is 11.1. The van der Waals surface area contributed by atoms with E-state index in [2.05, 4.69) is 11.8 Å². The van der Waals surface area contributed by atoms with Crippen LogP contribution >= 0.6 is 0 Å². The molecule has 0 spiro atoms. The second kappa shape index (κ2) is 6.93.